The van der Waals surface area contributed by atoms with Gasteiger partial charge in [0.25, 0.3) is 0 Å². The van der Waals surface area contributed by atoms with E-state index < -0.39 is 27.7 Å². The molecule has 1 atom stereocenters. The molecule has 4 rings (SSSR count). The van der Waals surface area contributed by atoms with Gasteiger partial charge in [0, 0.05) is 17.0 Å². The van der Waals surface area contributed by atoms with E-state index in [9.17, 15) is 18.0 Å². The fourth-order valence-electron chi connectivity index (χ4n) is 4.31. The van der Waals surface area contributed by atoms with Crippen LogP contribution < -0.4 is 15.1 Å². The maximum absolute atomic E-state index is 13.1. The summed E-state index contributed by atoms with van der Waals surface area (Å²) in [5, 5.41) is 0.912. The number of halogens is 1. The van der Waals surface area contributed by atoms with Crippen molar-refractivity contribution in [2.24, 2.45) is 0 Å². The van der Waals surface area contributed by atoms with Crippen LogP contribution in [0.15, 0.2) is 50.5 Å². The second-order valence-electron chi connectivity index (χ2n) is 8.88. The fraction of sp³-hybridized carbons (Fsp3) is 0.385. The predicted octanol–water partition coefficient (Wildman–Crippen LogP) is 5.08. The number of unbranched alkanes of at least 4 members (excludes halogenated alkanes) is 1. The van der Waals surface area contributed by atoms with Gasteiger partial charge in [-0.2, -0.15) is 4.72 Å². The number of carbonyl (C=O) groups excluding carboxylic acids is 1. The zero-order chi connectivity index (χ0) is 25.2. The first kappa shape index (κ1) is 25.4. The molecule has 1 aliphatic rings. The van der Waals surface area contributed by atoms with Crippen molar-refractivity contribution in [1.29, 1.82) is 0 Å². The number of rotatable bonds is 8. The van der Waals surface area contributed by atoms with Gasteiger partial charge in [-0.25, -0.2) is 18.0 Å². The molecule has 0 radical (unpaired) electrons. The van der Waals surface area contributed by atoms with Gasteiger partial charge in [-0.1, -0.05) is 49.1 Å². The number of benzene rings is 2. The summed E-state index contributed by atoms with van der Waals surface area (Å²) in [5.74, 6) is -0.769. The minimum Gasteiger partial charge on any atom is -0.424 e. The van der Waals surface area contributed by atoms with Crippen molar-refractivity contribution >= 4 is 38.6 Å². The van der Waals surface area contributed by atoms with Gasteiger partial charge < -0.3 is 9.15 Å². The number of aryl methyl sites for hydroxylation is 2. The number of esters is 1. The molecule has 2 aromatic carbocycles. The lowest BCUT2D eigenvalue weighted by molar-refractivity contribution is -0.136. The van der Waals surface area contributed by atoms with Crippen LogP contribution in [0.4, 0.5) is 0 Å². The van der Waals surface area contributed by atoms with Crippen molar-refractivity contribution < 1.29 is 22.4 Å². The molecule has 1 aliphatic carbocycles. The van der Waals surface area contributed by atoms with Gasteiger partial charge in [0.2, 0.25) is 10.0 Å². The Balaban J connectivity index is 1.62. The number of ether oxygens (including phenoxy) is 1. The predicted molar refractivity (Wildman–Crippen MR) is 135 cm³/mol. The Hall–Kier alpha value is -2.68. The van der Waals surface area contributed by atoms with Crippen LogP contribution in [0.2, 0.25) is 5.02 Å². The Morgan fingerprint density at radius 1 is 1.14 bits per heavy atom. The van der Waals surface area contributed by atoms with Crippen LogP contribution in [0.5, 0.6) is 5.75 Å². The average molecular weight is 518 g/mol. The van der Waals surface area contributed by atoms with Gasteiger partial charge >= 0.3 is 11.6 Å². The molecule has 0 fully saturated rings. The van der Waals surface area contributed by atoms with E-state index in [2.05, 4.69) is 4.72 Å². The Morgan fingerprint density at radius 2 is 1.83 bits per heavy atom. The molecule has 0 spiro atoms. The quantitative estimate of drug-likeness (QED) is 0.254. The van der Waals surface area contributed by atoms with Gasteiger partial charge in [0.15, 0.2) is 5.75 Å². The minimum absolute atomic E-state index is 0.0131. The zero-order valence-electron chi connectivity index (χ0n) is 19.7. The number of sulfonamides is 1. The standard InChI is InChI=1S/C26H28ClNO6S/c1-3-4-9-22(28-35(31,32)17-12-10-16(2)11-13-17)26(30)34-24-15-23-20(14-21(24)27)18-7-5-6-8-19(18)25(29)33-23/h10-15,22,28H,3-9H2,1-2H3/t22-/m0/s1. The van der Waals surface area contributed by atoms with Gasteiger partial charge in [-0.05, 0) is 62.8 Å². The first-order valence-corrected chi connectivity index (χ1v) is 13.6. The zero-order valence-corrected chi connectivity index (χ0v) is 21.3. The topological polar surface area (TPSA) is 103 Å². The Labute approximate surface area is 209 Å². The molecule has 35 heavy (non-hydrogen) atoms. The first-order chi connectivity index (χ1) is 16.7. The number of fused-ring (bicyclic) bond motifs is 3. The first-order valence-electron chi connectivity index (χ1n) is 11.8. The number of nitrogens with one attached hydrogen (secondary N) is 1. The van der Waals surface area contributed by atoms with E-state index in [-0.39, 0.29) is 27.7 Å². The van der Waals surface area contributed by atoms with Gasteiger partial charge in [-0.15, -0.1) is 0 Å². The molecular formula is C26H28ClNO6S. The van der Waals surface area contributed by atoms with Crippen molar-refractivity contribution in [3.63, 3.8) is 0 Å². The monoisotopic (exact) mass is 517 g/mol. The fourth-order valence-corrected chi connectivity index (χ4v) is 5.73. The second kappa shape index (κ2) is 10.5. The molecule has 0 amide bonds. The summed E-state index contributed by atoms with van der Waals surface area (Å²) in [5.41, 5.74) is 2.42. The van der Waals surface area contributed by atoms with Crippen molar-refractivity contribution in [2.75, 3.05) is 0 Å². The van der Waals surface area contributed by atoms with E-state index in [1.807, 2.05) is 13.8 Å². The average Bonchev–Trinajstić information content (AvgIpc) is 2.83. The number of carbonyl (C=O) groups is 1. The molecule has 0 aliphatic heterocycles. The van der Waals surface area contributed by atoms with Gasteiger partial charge in [0.05, 0.1) is 9.92 Å². The van der Waals surface area contributed by atoms with Crippen LogP contribution in [0.3, 0.4) is 0 Å². The smallest absolute Gasteiger partial charge is 0.339 e. The van der Waals surface area contributed by atoms with E-state index in [1.165, 1.54) is 18.2 Å². The highest BCUT2D eigenvalue weighted by molar-refractivity contribution is 7.89. The SMILES string of the molecule is CCCC[C@H](NS(=O)(=O)c1ccc(C)cc1)C(=O)Oc1cc2oc(=O)c3c(c2cc1Cl)CCCC3. The third kappa shape index (κ3) is 5.60. The van der Waals surface area contributed by atoms with Crippen LogP contribution in [-0.2, 0) is 27.7 Å². The van der Waals surface area contributed by atoms with E-state index in [0.717, 1.165) is 42.2 Å². The Morgan fingerprint density at radius 3 is 2.51 bits per heavy atom. The van der Waals surface area contributed by atoms with Crippen LogP contribution >= 0.6 is 11.6 Å². The van der Waals surface area contributed by atoms with Crippen molar-refractivity contribution in [3.05, 3.63) is 68.5 Å². The maximum Gasteiger partial charge on any atom is 0.339 e. The van der Waals surface area contributed by atoms with Gasteiger partial charge in [-0.3, -0.25) is 0 Å². The molecule has 0 unspecified atom stereocenters. The van der Waals surface area contributed by atoms with E-state index in [4.69, 9.17) is 20.8 Å². The highest BCUT2D eigenvalue weighted by Crippen LogP contribution is 2.34. The molecule has 1 N–H and O–H groups in total. The van der Waals surface area contributed by atoms with Gasteiger partial charge in [0.1, 0.15) is 11.6 Å². The molecule has 0 saturated carbocycles. The van der Waals surface area contributed by atoms with Crippen LogP contribution in [0.25, 0.3) is 11.0 Å². The summed E-state index contributed by atoms with van der Waals surface area (Å²) < 4.78 is 39.3. The Kier molecular flexibility index (Phi) is 7.64. The third-order valence-electron chi connectivity index (χ3n) is 6.25. The van der Waals surface area contributed by atoms with Crippen molar-refractivity contribution in [3.8, 4) is 5.75 Å². The highest BCUT2D eigenvalue weighted by atomic mass is 35.5. The molecule has 0 saturated heterocycles. The molecular weight excluding hydrogens is 490 g/mol. The molecule has 3 aromatic rings. The summed E-state index contributed by atoms with van der Waals surface area (Å²) in [7, 11) is -3.95. The molecule has 186 valence electrons. The number of hydrogen-bond acceptors (Lipinski definition) is 6. The van der Waals surface area contributed by atoms with E-state index in [0.29, 0.717) is 18.4 Å². The van der Waals surface area contributed by atoms with E-state index >= 15 is 0 Å². The minimum atomic E-state index is -3.95. The summed E-state index contributed by atoms with van der Waals surface area (Å²) in [6, 6.07) is 8.32. The summed E-state index contributed by atoms with van der Waals surface area (Å²) in [6.45, 7) is 3.80. The summed E-state index contributed by atoms with van der Waals surface area (Å²) >= 11 is 6.45. The normalized spacial score (nSPS) is 14.5. The lowest BCUT2D eigenvalue weighted by atomic mass is 9.90. The maximum atomic E-state index is 13.1. The largest absolute Gasteiger partial charge is 0.424 e. The van der Waals surface area contributed by atoms with Crippen molar-refractivity contribution in [2.45, 2.75) is 69.7 Å². The highest BCUT2D eigenvalue weighted by Gasteiger charge is 2.28. The van der Waals surface area contributed by atoms with E-state index in [1.54, 1.807) is 18.2 Å². The molecule has 1 aromatic heterocycles. The summed E-state index contributed by atoms with van der Waals surface area (Å²) in [4.78, 5) is 25.6. The lowest BCUT2D eigenvalue weighted by Gasteiger charge is -2.19. The molecule has 9 heteroatoms. The third-order valence-corrected chi connectivity index (χ3v) is 8.03. The van der Waals surface area contributed by atoms with Crippen LogP contribution in [0, 0.1) is 6.92 Å². The lowest BCUT2D eigenvalue weighted by Crippen LogP contribution is -2.43. The summed E-state index contributed by atoms with van der Waals surface area (Å²) in [6.07, 6.45) is 4.97. The molecule has 7 nitrogen and oxygen atoms in total. The molecule has 1 heterocycles. The number of hydrogen-bond donors (Lipinski definition) is 1. The van der Waals surface area contributed by atoms with Crippen LogP contribution in [0.1, 0.15) is 55.7 Å². The van der Waals surface area contributed by atoms with Crippen LogP contribution in [-0.4, -0.2) is 20.4 Å². The van der Waals surface area contributed by atoms with Crippen molar-refractivity contribution in [1.82, 2.24) is 4.72 Å². The Bertz CT molecular complexity index is 1410. The molecule has 0 bridgehead atoms. The second-order valence-corrected chi connectivity index (χ2v) is 11.0.